The Morgan fingerprint density at radius 3 is 2.45 bits per heavy atom. The maximum Gasteiger partial charge on any atom is 0.208 e. The van der Waals surface area contributed by atoms with Crippen LogP contribution in [0.1, 0.15) is 62.8 Å². The van der Waals surface area contributed by atoms with Crippen LogP contribution in [0.2, 0.25) is 0 Å². The Morgan fingerprint density at radius 1 is 1.17 bits per heavy atom. The molecule has 1 aliphatic heterocycles. The van der Waals surface area contributed by atoms with Crippen molar-refractivity contribution in [3.05, 3.63) is 17.3 Å². The fourth-order valence-electron chi connectivity index (χ4n) is 4.08. The van der Waals surface area contributed by atoms with E-state index in [1.807, 2.05) is 13.8 Å². The SMILES string of the molecule is CCNC(=NCC1CCN(Cc2nc(C)c(C)o2)CC1)NC1CCC(O)CC1.I. The zero-order chi connectivity index (χ0) is 19.9. The van der Waals surface area contributed by atoms with E-state index in [-0.39, 0.29) is 30.1 Å². The molecule has 2 fully saturated rings. The number of hydrogen-bond donors (Lipinski definition) is 3. The van der Waals surface area contributed by atoms with Gasteiger partial charge in [0.25, 0.3) is 0 Å². The predicted molar refractivity (Wildman–Crippen MR) is 127 cm³/mol. The van der Waals surface area contributed by atoms with E-state index in [0.717, 1.165) is 94.6 Å². The molecule has 7 nitrogen and oxygen atoms in total. The number of nitrogens with zero attached hydrogens (tertiary/aromatic N) is 3. The molecule has 3 N–H and O–H groups in total. The van der Waals surface area contributed by atoms with Crippen LogP contribution in [0.3, 0.4) is 0 Å². The molecule has 1 aromatic heterocycles. The monoisotopic (exact) mass is 519 g/mol. The van der Waals surface area contributed by atoms with Crippen LogP contribution in [0.4, 0.5) is 0 Å². The lowest BCUT2D eigenvalue weighted by Gasteiger charge is -2.31. The van der Waals surface area contributed by atoms with Gasteiger partial charge in [0.1, 0.15) is 5.76 Å². The molecule has 166 valence electrons. The lowest BCUT2D eigenvalue weighted by molar-refractivity contribution is 0.120. The second-order valence-electron chi connectivity index (χ2n) is 8.34. The van der Waals surface area contributed by atoms with Gasteiger partial charge in [-0.25, -0.2) is 4.98 Å². The number of aliphatic imine (C=N–C) groups is 1. The van der Waals surface area contributed by atoms with E-state index in [0.29, 0.717) is 12.0 Å². The van der Waals surface area contributed by atoms with Crippen molar-refractivity contribution < 1.29 is 9.52 Å². The molecule has 0 bridgehead atoms. The van der Waals surface area contributed by atoms with Crippen LogP contribution in [0, 0.1) is 19.8 Å². The maximum atomic E-state index is 9.68. The van der Waals surface area contributed by atoms with E-state index in [1.54, 1.807) is 0 Å². The third kappa shape index (κ3) is 7.71. The predicted octanol–water partition coefficient (Wildman–Crippen LogP) is 2.98. The number of rotatable bonds is 6. The second-order valence-corrected chi connectivity index (χ2v) is 8.34. The fourth-order valence-corrected chi connectivity index (χ4v) is 4.08. The van der Waals surface area contributed by atoms with Crippen LogP contribution in [-0.4, -0.2) is 59.3 Å². The van der Waals surface area contributed by atoms with E-state index in [1.165, 1.54) is 0 Å². The first kappa shape index (κ1) is 24.4. The van der Waals surface area contributed by atoms with E-state index < -0.39 is 0 Å². The summed E-state index contributed by atoms with van der Waals surface area (Å²) in [6.45, 7) is 10.8. The average Bonchev–Trinajstić information content (AvgIpc) is 3.00. The summed E-state index contributed by atoms with van der Waals surface area (Å²) < 4.78 is 5.72. The molecule has 0 amide bonds. The van der Waals surface area contributed by atoms with Gasteiger partial charge in [-0.15, -0.1) is 24.0 Å². The van der Waals surface area contributed by atoms with Crippen molar-refractivity contribution in [2.45, 2.75) is 78.0 Å². The van der Waals surface area contributed by atoms with E-state index >= 15 is 0 Å². The van der Waals surface area contributed by atoms with Crippen LogP contribution in [-0.2, 0) is 6.54 Å². The third-order valence-corrected chi connectivity index (χ3v) is 6.03. The van der Waals surface area contributed by atoms with Gasteiger partial charge in [0.05, 0.1) is 18.3 Å². The molecule has 2 heterocycles. The van der Waals surface area contributed by atoms with Gasteiger partial charge in [0.2, 0.25) is 5.89 Å². The number of nitrogens with one attached hydrogen (secondary N) is 2. The minimum atomic E-state index is -0.119. The number of likely N-dealkylation sites (tertiary alicyclic amines) is 1. The van der Waals surface area contributed by atoms with Gasteiger partial charge in [-0.3, -0.25) is 9.89 Å². The number of aryl methyl sites for hydroxylation is 2. The summed E-state index contributed by atoms with van der Waals surface area (Å²) in [6, 6.07) is 0.427. The molecule has 2 aliphatic rings. The summed E-state index contributed by atoms with van der Waals surface area (Å²) >= 11 is 0. The molecule has 8 heteroatoms. The molecule has 1 aromatic rings. The maximum absolute atomic E-state index is 9.68. The Bertz CT molecular complexity index is 616. The average molecular weight is 519 g/mol. The van der Waals surface area contributed by atoms with Gasteiger partial charge in [-0.2, -0.15) is 0 Å². The van der Waals surface area contributed by atoms with E-state index in [9.17, 15) is 5.11 Å². The fraction of sp³-hybridized carbons (Fsp3) is 0.810. The number of guanidine groups is 1. The zero-order valence-corrected chi connectivity index (χ0v) is 20.4. The Balaban J connectivity index is 0.00000300. The van der Waals surface area contributed by atoms with Crippen molar-refractivity contribution in [2.75, 3.05) is 26.2 Å². The smallest absolute Gasteiger partial charge is 0.208 e. The standard InChI is InChI=1S/C21H37N5O2.HI/c1-4-22-21(25-18-5-7-19(27)8-6-18)23-13-17-9-11-26(12-10-17)14-20-24-15(2)16(3)28-20;/h17-19,27H,4-14H2,1-3H3,(H2,22,23,25);1H. The lowest BCUT2D eigenvalue weighted by Crippen LogP contribution is -2.45. The topological polar surface area (TPSA) is 85.9 Å². The van der Waals surface area contributed by atoms with E-state index in [4.69, 9.17) is 9.41 Å². The molecule has 0 spiro atoms. The third-order valence-electron chi connectivity index (χ3n) is 6.03. The molecule has 3 rings (SSSR count). The van der Waals surface area contributed by atoms with Crippen molar-refractivity contribution in [3.8, 4) is 0 Å². The van der Waals surface area contributed by atoms with Gasteiger partial charge in [-0.1, -0.05) is 0 Å². The van der Waals surface area contributed by atoms with Crippen LogP contribution in [0.15, 0.2) is 9.41 Å². The Morgan fingerprint density at radius 2 is 1.86 bits per heavy atom. The number of aliphatic hydroxyl groups excluding tert-OH is 1. The van der Waals surface area contributed by atoms with Gasteiger partial charge in [0, 0.05) is 19.1 Å². The first-order valence-electron chi connectivity index (χ1n) is 10.9. The quantitative estimate of drug-likeness (QED) is 0.305. The second kappa shape index (κ2) is 12.1. The summed E-state index contributed by atoms with van der Waals surface area (Å²) in [5.74, 6) is 3.32. The molecule has 1 aliphatic carbocycles. The normalized spacial score (nSPS) is 24.2. The highest BCUT2D eigenvalue weighted by Crippen LogP contribution is 2.21. The van der Waals surface area contributed by atoms with Crippen molar-refractivity contribution in [1.82, 2.24) is 20.5 Å². The minimum absolute atomic E-state index is 0. The number of halogens is 1. The van der Waals surface area contributed by atoms with Crippen LogP contribution < -0.4 is 10.6 Å². The number of hydrogen-bond acceptors (Lipinski definition) is 5. The first-order chi connectivity index (χ1) is 13.5. The van der Waals surface area contributed by atoms with Crippen LogP contribution >= 0.6 is 24.0 Å². The van der Waals surface area contributed by atoms with Crippen molar-refractivity contribution in [2.24, 2.45) is 10.9 Å². The number of aliphatic hydroxyl groups is 1. The summed E-state index contributed by atoms with van der Waals surface area (Å²) in [4.78, 5) is 11.8. The number of piperidine rings is 1. The highest BCUT2D eigenvalue weighted by molar-refractivity contribution is 14.0. The molecule has 29 heavy (non-hydrogen) atoms. The zero-order valence-electron chi connectivity index (χ0n) is 18.1. The summed E-state index contributed by atoms with van der Waals surface area (Å²) in [7, 11) is 0. The van der Waals surface area contributed by atoms with Crippen molar-refractivity contribution in [3.63, 3.8) is 0 Å². The molecule has 0 atom stereocenters. The molecular formula is C21H38IN5O2. The Hall–Kier alpha value is -0.870. The van der Waals surface area contributed by atoms with Gasteiger partial charge >= 0.3 is 0 Å². The summed E-state index contributed by atoms with van der Waals surface area (Å²) in [5, 5.41) is 16.6. The number of aromatic nitrogens is 1. The molecule has 0 unspecified atom stereocenters. The molecular weight excluding hydrogens is 481 g/mol. The summed E-state index contributed by atoms with van der Waals surface area (Å²) in [5.41, 5.74) is 0.996. The highest BCUT2D eigenvalue weighted by atomic mass is 127. The number of oxazole rings is 1. The van der Waals surface area contributed by atoms with Gasteiger partial charge in [0.15, 0.2) is 5.96 Å². The Labute approximate surface area is 192 Å². The summed E-state index contributed by atoms with van der Waals surface area (Å²) in [6.07, 6.45) is 6.02. The molecule has 0 aromatic carbocycles. The van der Waals surface area contributed by atoms with Gasteiger partial charge in [-0.05, 0) is 78.3 Å². The largest absolute Gasteiger partial charge is 0.444 e. The molecule has 1 saturated carbocycles. The lowest BCUT2D eigenvalue weighted by atomic mass is 9.93. The van der Waals surface area contributed by atoms with E-state index in [2.05, 4.69) is 27.4 Å². The minimum Gasteiger partial charge on any atom is -0.444 e. The van der Waals surface area contributed by atoms with Crippen LogP contribution in [0.5, 0.6) is 0 Å². The van der Waals surface area contributed by atoms with Gasteiger partial charge < -0.3 is 20.2 Å². The molecule has 0 radical (unpaired) electrons. The van der Waals surface area contributed by atoms with Crippen LogP contribution in [0.25, 0.3) is 0 Å². The highest BCUT2D eigenvalue weighted by Gasteiger charge is 2.22. The molecule has 1 saturated heterocycles. The van der Waals surface area contributed by atoms with Crippen molar-refractivity contribution >= 4 is 29.9 Å². The first-order valence-corrected chi connectivity index (χ1v) is 10.9. The Kier molecular flexibility index (Phi) is 10.2. The van der Waals surface area contributed by atoms with Crippen molar-refractivity contribution in [1.29, 1.82) is 0 Å².